The Morgan fingerprint density at radius 1 is 1.45 bits per heavy atom. The fourth-order valence-electron chi connectivity index (χ4n) is 2.36. The van der Waals surface area contributed by atoms with Crippen LogP contribution in [0.5, 0.6) is 0 Å². The Morgan fingerprint density at radius 2 is 2.20 bits per heavy atom. The van der Waals surface area contributed by atoms with Crippen molar-refractivity contribution >= 4 is 24.6 Å². The lowest BCUT2D eigenvalue weighted by Gasteiger charge is -2.26. The van der Waals surface area contributed by atoms with Gasteiger partial charge in [0, 0.05) is 0 Å². The van der Waals surface area contributed by atoms with Crippen LogP contribution < -0.4 is 10.0 Å². The fourth-order valence-corrected chi connectivity index (χ4v) is 2.65. The number of guanidine groups is 1. The maximum Gasteiger partial charge on any atom is 0.207 e. The summed E-state index contributed by atoms with van der Waals surface area (Å²) in [6, 6.07) is 0. The highest BCUT2D eigenvalue weighted by Gasteiger charge is 2.44. The second kappa shape index (κ2) is 4.90. The molecule has 0 amide bonds. The van der Waals surface area contributed by atoms with Crippen LogP contribution in [0.2, 0.25) is 0 Å². The molecule has 3 rings (SSSR count). The van der Waals surface area contributed by atoms with Gasteiger partial charge in [0.05, 0.1) is 19.5 Å². The summed E-state index contributed by atoms with van der Waals surface area (Å²) < 4.78 is 8.32. The molecule has 0 spiro atoms. The van der Waals surface area contributed by atoms with Gasteiger partial charge < -0.3 is 25.8 Å². The lowest BCUT2D eigenvalue weighted by atomic mass is 10.1. The number of aliphatic hydroxyl groups is 3. The van der Waals surface area contributed by atoms with Crippen molar-refractivity contribution in [2.24, 2.45) is 10.7 Å². The van der Waals surface area contributed by atoms with Crippen LogP contribution in [0.3, 0.4) is 0 Å². The van der Waals surface area contributed by atoms with Gasteiger partial charge in [0.2, 0.25) is 5.96 Å². The van der Waals surface area contributed by atoms with E-state index in [9.17, 15) is 10.2 Å². The minimum absolute atomic E-state index is 0.203. The van der Waals surface area contributed by atoms with Crippen molar-refractivity contribution in [3.05, 3.63) is 12.0 Å². The Bertz CT molecular complexity index is 550. The molecule has 0 saturated carbocycles. The second-order valence-electron chi connectivity index (χ2n) is 4.64. The number of nitrogens with two attached hydrogens (primary N) is 1. The van der Waals surface area contributed by atoms with Crippen molar-refractivity contribution in [3.8, 4) is 0 Å². The number of imidazole rings is 1. The summed E-state index contributed by atoms with van der Waals surface area (Å²) >= 11 is 4.23. The highest BCUT2D eigenvalue weighted by molar-refractivity contribution is 7.82. The number of rotatable bonds is 2. The van der Waals surface area contributed by atoms with E-state index in [2.05, 4.69) is 22.8 Å². The minimum atomic E-state index is -1.19. The highest BCUT2D eigenvalue weighted by Crippen LogP contribution is 2.35. The number of anilines is 1. The first-order valence-electron chi connectivity index (χ1n) is 6.01. The van der Waals surface area contributed by atoms with Crippen LogP contribution in [0.15, 0.2) is 11.3 Å². The molecule has 1 fully saturated rings. The van der Waals surface area contributed by atoms with E-state index in [-0.39, 0.29) is 12.6 Å². The summed E-state index contributed by atoms with van der Waals surface area (Å²) in [5.74, 6) is 0.727. The molecular formula is C10H15N5O4S. The average Bonchev–Trinajstić information content (AvgIpc) is 2.98. The quantitative estimate of drug-likeness (QED) is 0.398. The Labute approximate surface area is 119 Å². The highest BCUT2D eigenvalue weighted by atomic mass is 32.1. The van der Waals surface area contributed by atoms with Gasteiger partial charge in [0.15, 0.2) is 12.0 Å². The Hall–Kier alpha value is -1.33. The number of aliphatic imine (C=N–C) groups is 1. The van der Waals surface area contributed by atoms with E-state index >= 15 is 0 Å². The average molecular weight is 301 g/mol. The zero-order valence-corrected chi connectivity index (χ0v) is 11.3. The molecule has 0 aromatic carbocycles. The molecule has 2 aliphatic heterocycles. The van der Waals surface area contributed by atoms with Crippen LogP contribution in [0.4, 0.5) is 5.82 Å². The monoisotopic (exact) mass is 301 g/mol. The number of fused-ring (bicyclic) bond motifs is 1. The van der Waals surface area contributed by atoms with Crippen molar-refractivity contribution in [3.63, 3.8) is 0 Å². The van der Waals surface area contributed by atoms with Crippen molar-refractivity contribution in [1.82, 2.24) is 9.55 Å². The molecule has 1 aromatic heterocycles. The Balaban J connectivity index is 1.96. The standard InChI is InChI=1S/C10H15N5O4S/c11-10-12-1-4-8(15(10)20)14(3-13-4)9-7(18)6(17)5(2-16)19-9/h3,5-7,9,16-18,20H,1-2H2,(H2,11,12). The van der Waals surface area contributed by atoms with Gasteiger partial charge in [-0.1, -0.05) is 12.8 Å². The van der Waals surface area contributed by atoms with Gasteiger partial charge in [-0.25, -0.2) is 14.3 Å². The number of nitrogens with zero attached hydrogens (tertiary/aromatic N) is 4. The predicted octanol–water partition coefficient (Wildman–Crippen LogP) is -2.03. The number of hydrogen-bond donors (Lipinski definition) is 5. The van der Waals surface area contributed by atoms with Crippen LogP contribution in [-0.2, 0) is 11.3 Å². The molecule has 10 heteroatoms. The molecule has 4 unspecified atom stereocenters. The molecule has 5 N–H and O–H groups in total. The van der Waals surface area contributed by atoms with Crippen LogP contribution in [0.1, 0.15) is 11.9 Å². The third-order valence-corrected chi connectivity index (χ3v) is 3.83. The summed E-state index contributed by atoms with van der Waals surface area (Å²) in [5, 5.41) is 29.0. The number of aromatic nitrogens is 2. The van der Waals surface area contributed by atoms with E-state index in [1.165, 1.54) is 15.2 Å². The van der Waals surface area contributed by atoms with Crippen LogP contribution in [-0.4, -0.2) is 55.7 Å². The molecule has 0 bridgehead atoms. The molecule has 1 saturated heterocycles. The largest absolute Gasteiger partial charge is 0.394 e. The first-order valence-corrected chi connectivity index (χ1v) is 6.41. The molecule has 110 valence electrons. The van der Waals surface area contributed by atoms with Gasteiger partial charge in [0.1, 0.15) is 24.0 Å². The van der Waals surface area contributed by atoms with E-state index in [0.717, 1.165) is 0 Å². The molecule has 0 radical (unpaired) electrons. The van der Waals surface area contributed by atoms with E-state index < -0.39 is 24.5 Å². The zero-order chi connectivity index (χ0) is 14.4. The summed E-state index contributed by atoms with van der Waals surface area (Å²) in [6.45, 7) is -0.0835. The van der Waals surface area contributed by atoms with Gasteiger partial charge in [-0.2, -0.15) is 0 Å². The smallest absolute Gasteiger partial charge is 0.207 e. The van der Waals surface area contributed by atoms with E-state index in [0.29, 0.717) is 18.1 Å². The Morgan fingerprint density at radius 3 is 2.85 bits per heavy atom. The van der Waals surface area contributed by atoms with Gasteiger partial charge in [-0.05, 0) is 0 Å². The lowest BCUT2D eigenvalue weighted by molar-refractivity contribution is -0.0519. The maximum absolute atomic E-state index is 10.0. The van der Waals surface area contributed by atoms with Crippen molar-refractivity contribution in [2.45, 2.75) is 31.1 Å². The van der Waals surface area contributed by atoms with E-state index in [4.69, 9.17) is 15.6 Å². The summed E-state index contributed by atoms with van der Waals surface area (Å²) in [4.78, 5) is 8.20. The molecule has 3 heterocycles. The summed E-state index contributed by atoms with van der Waals surface area (Å²) in [5.41, 5.74) is 6.33. The first kappa shape index (κ1) is 13.6. The molecule has 4 atom stereocenters. The van der Waals surface area contributed by atoms with Gasteiger partial charge in [0.25, 0.3) is 0 Å². The normalized spacial score (nSPS) is 33.2. The lowest BCUT2D eigenvalue weighted by Crippen LogP contribution is -2.36. The van der Waals surface area contributed by atoms with Crippen molar-refractivity contribution in [2.75, 3.05) is 10.9 Å². The van der Waals surface area contributed by atoms with Gasteiger partial charge >= 0.3 is 0 Å². The van der Waals surface area contributed by atoms with Gasteiger partial charge in [-0.3, -0.25) is 4.57 Å². The summed E-state index contributed by atoms with van der Waals surface area (Å²) in [6.07, 6.45) is -2.63. The second-order valence-corrected chi connectivity index (χ2v) is 5.04. The van der Waals surface area contributed by atoms with Crippen LogP contribution in [0.25, 0.3) is 0 Å². The summed E-state index contributed by atoms with van der Waals surface area (Å²) in [7, 11) is 0. The van der Waals surface area contributed by atoms with E-state index in [1.807, 2.05) is 0 Å². The number of hydrogen-bond acceptors (Lipinski definition) is 9. The molecule has 2 aliphatic rings. The SMILES string of the molecule is NC1=NCc2ncn(C3OC(CO)C(O)C3O)c2N1S. The topological polar surface area (TPSA) is 129 Å². The number of ether oxygens (including phenoxy) is 1. The van der Waals surface area contributed by atoms with Gasteiger partial charge in [-0.15, -0.1) is 0 Å². The zero-order valence-electron chi connectivity index (χ0n) is 10.4. The molecular weight excluding hydrogens is 286 g/mol. The minimum Gasteiger partial charge on any atom is -0.394 e. The third kappa shape index (κ3) is 1.88. The third-order valence-electron chi connectivity index (χ3n) is 3.44. The van der Waals surface area contributed by atoms with Crippen LogP contribution >= 0.6 is 12.8 Å². The van der Waals surface area contributed by atoms with E-state index in [1.54, 1.807) is 0 Å². The maximum atomic E-state index is 10.0. The molecule has 20 heavy (non-hydrogen) atoms. The molecule has 0 aliphatic carbocycles. The first-order chi connectivity index (χ1) is 9.54. The van der Waals surface area contributed by atoms with Crippen LogP contribution in [0, 0.1) is 0 Å². The number of thiol groups is 1. The fraction of sp³-hybridized carbons (Fsp3) is 0.600. The molecule has 1 aromatic rings. The predicted molar refractivity (Wildman–Crippen MR) is 72.0 cm³/mol. The molecule has 9 nitrogen and oxygen atoms in total. The Kier molecular flexibility index (Phi) is 3.34. The van der Waals surface area contributed by atoms with Crippen molar-refractivity contribution in [1.29, 1.82) is 0 Å². The number of aliphatic hydroxyl groups excluding tert-OH is 3. The van der Waals surface area contributed by atoms with Crippen molar-refractivity contribution < 1.29 is 20.1 Å².